The standard InChI is InChI=1S/C17H20BrN/c1-11-5-6-16(13(3)7-11)17(19-4)14-8-12(2)9-15(18)10-14/h5-10,17,19H,1-4H3. The van der Waals surface area contributed by atoms with Crippen LogP contribution in [0.25, 0.3) is 0 Å². The van der Waals surface area contributed by atoms with Crippen LogP contribution in [0.15, 0.2) is 40.9 Å². The summed E-state index contributed by atoms with van der Waals surface area (Å²) in [7, 11) is 2.01. The third kappa shape index (κ3) is 3.26. The molecule has 100 valence electrons. The molecule has 2 aromatic carbocycles. The molecule has 0 spiro atoms. The van der Waals surface area contributed by atoms with Crippen LogP contribution in [0.3, 0.4) is 0 Å². The van der Waals surface area contributed by atoms with Gasteiger partial charge in [-0.2, -0.15) is 0 Å². The van der Waals surface area contributed by atoms with Crippen LogP contribution in [-0.2, 0) is 0 Å². The molecule has 2 heteroatoms. The van der Waals surface area contributed by atoms with Gasteiger partial charge in [0.2, 0.25) is 0 Å². The van der Waals surface area contributed by atoms with Crippen molar-refractivity contribution in [2.45, 2.75) is 26.8 Å². The van der Waals surface area contributed by atoms with Gasteiger partial charge in [-0.1, -0.05) is 45.8 Å². The van der Waals surface area contributed by atoms with Crippen LogP contribution in [0, 0.1) is 20.8 Å². The Morgan fingerprint density at radius 2 is 1.68 bits per heavy atom. The van der Waals surface area contributed by atoms with Crippen LogP contribution >= 0.6 is 15.9 Å². The van der Waals surface area contributed by atoms with E-state index in [0.717, 1.165) is 4.47 Å². The number of nitrogens with one attached hydrogen (secondary N) is 1. The van der Waals surface area contributed by atoms with Crippen molar-refractivity contribution in [2.24, 2.45) is 0 Å². The highest BCUT2D eigenvalue weighted by atomic mass is 79.9. The quantitative estimate of drug-likeness (QED) is 0.866. The summed E-state index contributed by atoms with van der Waals surface area (Å²) in [6, 6.07) is 13.4. The molecule has 1 unspecified atom stereocenters. The van der Waals surface area contributed by atoms with Gasteiger partial charge < -0.3 is 5.32 Å². The van der Waals surface area contributed by atoms with E-state index in [9.17, 15) is 0 Å². The van der Waals surface area contributed by atoms with Gasteiger partial charge in [-0.25, -0.2) is 0 Å². The summed E-state index contributed by atoms with van der Waals surface area (Å²) in [5.74, 6) is 0. The SMILES string of the molecule is CNC(c1cc(C)cc(Br)c1)c1ccc(C)cc1C. The predicted octanol–water partition coefficient (Wildman–Crippen LogP) is 4.68. The van der Waals surface area contributed by atoms with Crippen LogP contribution in [0.4, 0.5) is 0 Å². The minimum Gasteiger partial charge on any atom is -0.309 e. The number of hydrogen-bond acceptors (Lipinski definition) is 1. The largest absolute Gasteiger partial charge is 0.309 e. The first-order valence-electron chi connectivity index (χ1n) is 6.53. The van der Waals surface area contributed by atoms with Gasteiger partial charge in [0.25, 0.3) is 0 Å². The Hall–Kier alpha value is -1.12. The first kappa shape index (κ1) is 14.3. The van der Waals surface area contributed by atoms with Gasteiger partial charge in [-0.3, -0.25) is 0 Å². The van der Waals surface area contributed by atoms with Gasteiger partial charge in [0, 0.05) is 4.47 Å². The summed E-state index contributed by atoms with van der Waals surface area (Å²) in [5, 5.41) is 3.43. The van der Waals surface area contributed by atoms with E-state index >= 15 is 0 Å². The minimum absolute atomic E-state index is 0.233. The van der Waals surface area contributed by atoms with Crippen molar-refractivity contribution < 1.29 is 0 Å². The Morgan fingerprint density at radius 1 is 0.947 bits per heavy atom. The fraction of sp³-hybridized carbons (Fsp3) is 0.294. The lowest BCUT2D eigenvalue weighted by Gasteiger charge is -2.20. The van der Waals surface area contributed by atoms with E-state index in [1.54, 1.807) is 0 Å². The summed E-state index contributed by atoms with van der Waals surface area (Å²) >= 11 is 3.59. The molecule has 0 amide bonds. The van der Waals surface area contributed by atoms with E-state index in [1.165, 1.54) is 27.8 Å². The molecule has 1 N–H and O–H groups in total. The Balaban J connectivity index is 2.49. The van der Waals surface area contributed by atoms with Gasteiger partial charge in [0.05, 0.1) is 6.04 Å². The molecule has 1 atom stereocenters. The van der Waals surface area contributed by atoms with Gasteiger partial charge in [-0.15, -0.1) is 0 Å². The Morgan fingerprint density at radius 3 is 2.26 bits per heavy atom. The molecule has 0 bridgehead atoms. The molecule has 0 aliphatic rings. The van der Waals surface area contributed by atoms with Crippen LogP contribution in [-0.4, -0.2) is 7.05 Å². The molecular formula is C17H20BrN. The van der Waals surface area contributed by atoms with Gasteiger partial charge in [0.1, 0.15) is 0 Å². The fourth-order valence-corrected chi connectivity index (χ4v) is 3.21. The number of aryl methyl sites for hydroxylation is 3. The van der Waals surface area contributed by atoms with E-state index in [0.29, 0.717) is 0 Å². The number of benzene rings is 2. The maximum atomic E-state index is 3.59. The molecule has 2 rings (SSSR count). The molecule has 0 heterocycles. The molecule has 0 radical (unpaired) electrons. The van der Waals surface area contributed by atoms with Crippen LogP contribution in [0.2, 0.25) is 0 Å². The van der Waals surface area contributed by atoms with Gasteiger partial charge in [0.15, 0.2) is 0 Å². The van der Waals surface area contributed by atoms with Crippen molar-refractivity contribution >= 4 is 15.9 Å². The second-order valence-corrected chi connectivity index (χ2v) is 6.06. The highest BCUT2D eigenvalue weighted by Crippen LogP contribution is 2.28. The first-order valence-corrected chi connectivity index (χ1v) is 7.32. The number of halogens is 1. The zero-order valence-electron chi connectivity index (χ0n) is 11.9. The third-order valence-corrected chi connectivity index (χ3v) is 3.88. The second kappa shape index (κ2) is 5.89. The van der Waals surface area contributed by atoms with E-state index < -0.39 is 0 Å². The van der Waals surface area contributed by atoms with E-state index in [2.05, 4.69) is 78.4 Å². The van der Waals surface area contributed by atoms with Crippen molar-refractivity contribution in [3.63, 3.8) is 0 Å². The highest BCUT2D eigenvalue weighted by Gasteiger charge is 2.14. The predicted molar refractivity (Wildman–Crippen MR) is 85.7 cm³/mol. The molecule has 0 aliphatic carbocycles. The maximum absolute atomic E-state index is 3.59. The summed E-state index contributed by atoms with van der Waals surface area (Å²) in [4.78, 5) is 0. The van der Waals surface area contributed by atoms with Crippen molar-refractivity contribution in [3.8, 4) is 0 Å². The average Bonchev–Trinajstić information content (AvgIpc) is 2.31. The van der Waals surface area contributed by atoms with E-state index in [-0.39, 0.29) is 6.04 Å². The van der Waals surface area contributed by atoms with Crippen LogP contribution < -0.4 is 5.32 Å². The summed E-state index contributed by atoms with van der Waals surface area (Å²) < 4.78 is 1.13. The average molecular weight is 318 g/mol. The Kier molecular flexibility index (Phi) is 4.43. The molecule has 2 aromatic rings. The lowest BCUT2D eigenvalue weighted by Crippen LogP contribution is -2.19. The normalized spacial score (nSPS) is 12.5. The van der Waals surface area contributed by atoms with Crippen LogP contribution in [0.1, 0.15) is 33.9 Å². The molecule has 1 nitrogen and oxygen atoms in total. The Bertz CT molecular complexity index is 570. The number of rotatable bonds is 3. The molecule has 0 aliphatic heterocycles. The minimum atomic E-state index is 0.233. The monoisotopic (exact) mass is 317 g/mol. The van der Waals surface area contributed by atoms with Crippen molar-refractivity contribution in [3.05, 3.63) is 68.7 Å². The molecule has 0 saturated heterocycles. The molecule has 19 heavy (non-hydrogen) atoms. The summed E-state index contributed by atoms with van der Waals surface area (Å²) in [5.41, 5.74) is 6.54. The second-order valence-electron chi connectivity index (χ2n) is 5.14. The molecule has 0 fully saturated rings. The van der Waals surface area contributed by atoms with Crippen molar-refractivity contribution in [2.75, 3.05) is 7.05 Å². The molecule has 0 aromatic heterocycles. The lowest BCUT2D eigenvalue weighted by molar-refractivity contribution is 0.686. The lowest BCUT2D eigenvalue weighted by atomic mass is 9.93. The van der Waals surface area contributed by atoms with Crippen molar-refractivity contribution in [1.82, 2.24) is 5.32 Å². The smallest absolute Gasteiger partial charge is 0.0577 e. The highest BCUT2D eigenvalue weighted by molar-refractivity contribution is 9.10. The maximum Gasteiger partial charge on any atom is 0.0577 e. The fourth-order valence-electron chi connectivity index (χ4n) is 2.58. The zero-order valence-corrected chi connectivity index (χ0v) is 13.5. The van der Waals surface area contributed by atoms with Crippen molar-refractivity contribution in [1.29, 1.82) is 0 Å². The number of hydrogen-bond donors (Lipinski definition) is 1. The van der Waals surface area contributed by atoms with Crippen LogP contribution in [0.5, 0.6) is 0 Å². The van der Waals surface area contributed by atoms with Gasteiger partial charge in [-0.05, 0) is 62.2 Å². The first-order chi connectivity index (χ1) is 9.01. The summed E-state index contributed by atoms with van der Waals surface area (Å²) in [6.45, 7) is 6.44. The van der Waals surface area contributed by atoms with E-state index in [4.69, 9.17) is 0 Å². The van der Waals surface area contributed by atoms with E-state index in [1.807, 2.05) is 7.05 Å². The topological polar surface area (TPSA) is 12.0 Å². The summed E-state index contributed by atoms with van der Waals surface area (Å²) in [6.07, 6.45) is 0. The Labute approximate surface area is 124 Å². The van der Waals surface area contributed by atoms with Gasteiger partial charge >= 0.3 is 0 Å². The third-order valence-electron chi connectivity index (χ3n) is 3.42. The molecule has 0 saturated carbocycles. The molecular weight excluding hydrogens is 298 g/mol. The zero-order chi connectivity index (χ0) is 14.0.